The maximum atomic E-state index is 12.8. The second-order valence-electron chi connectivity index (χ2n) is 9.90. The first-order valence-corrected chi connectivity index (χ1v) is 13.4. The molecule has 1 saturated heterocycles. The Morgan fingerprint density at radius 3 is 1.93 bits per heavy atom. The quantitative estimate of drug-likeness (QED) is 0.199. The lowest BCUT2D eigenvalue weighted by Crippen LogP contribution is -2.24. The molecule has 3 atom stereocenters. The van der Waals surface area contributed by atoms with Gasteiger partial charge in [0.1, 0.15) is 0 Å². The van der Waals surface area contributed by atoms with Crippen LogP contribution in [0.1, 0.15) is 22.8 Å². The number of phenols is 3. The van der Waals surface area contributed by atoms with Crippen LogP contribution < -0.4 is 23.7 Å². The number of hydrogen-bond acceptors (Lipinski definition) is 11. The Hall–Kier alpha value is -4.77. The highest BCUT2D eigenvalue weighted by molar-refractivity contribution is 5.87. The summed E-state index contributed by atoms with van der Waals surface area (Å²) in [6, 6.07) is 11.5. The van der Waals surface area contributed by atoms with Gasteiger partial charge in [-0.15, -0.1) is 0 Å². The lowest BCUT2D eigenvalue weighted by molar-refractivity contribution is -0.139. The van der Waals surface area contributed by atoms with Crippen LogP contribution in [0.5, 0.6) is 46.0 Å². The molecule has 3 N–H and O–H groups in total. The molecule has 0 unspecified atom stereocenters. The molecular weight excluding hydrogens is 560 g/mol. The number of carbonyl (C=O) groups is 1. The van der Waals surface area contributed by atoms with Crippen molar-refractivity contribution in [3.8, 4) is 46.0 Å². The predicted molar refractivity (Wildman–Crippen MR) is 156 cm³/mol. The Balaban J connectivity index is 1.60. The number of esters is 1. The van der Waals surface area contributed by atoms with Gasteiger partial charge in [0.05, 0.1) is 54.9 Å². The Morgan fingerprint density at radius 1 is 0.814 bits per heavy atom. The standard InChI is InChI=1S/C32H36O11/c1-37-24-11-18(6-8-23(24)33)7-9-29(34)42-17-22-21(10-19-12-25(38-2)30(35)26(13-19)39-3)16-43-32(22)20-14-27(40-4)31(36)28(15-20)41-5/h6-9,11-15,21-22,32-33,35-36H,10,16-17H2,1-5H3/b9-7+/t21-,22-,32+/m0/s1. The number of phenolic OH excluding ortho intramolecular Hbond substituents is 3. The summed E-state index contributed by atoms with van der Waals surface area (Å²) in [5.41, 5.74) is 2.16. The zero-order valence-corrected chi connectivity index (χ0v) is 24.7. The smallest absolute Gasteiger partial charge is 0.330 e. The van der Waals surface area contributed by atoms with Crippen LogP contribution >= 0.6 is 0 Å². The number of benzene rings is 3. The van der Waals surface area contributed by atoms with Gasteiger partial charge < -0.3 is 48.5 Å². The third-order valence-corrected chi connectivity index (χ3v) is 7.39. The fraction of sp³-hybridized carbons (Fsp3) is 0.344. The summed E-state index contributed by atoms with van der Waals surface area (Å²) in [5, 5.41) is 30.6. The number of ether oxygens (including phenoxy) is 7. The van der Waals surface area contributed by atoms with Crippen molar-refractivity contribution in [2.45, 2.75) is 12.5 Å². The van der Waals surface area contributed by atoms with Crippen LogP contribution in [0.3, 0.4) is 0 Å². The van der Waals surface area contributed by atoms with Gasteiger partial charge in [-0.2, -0.15) is 0 Å². The molecule has 1 heterocycles. The van der Waals surface area contributed by atoms with E-state index in [0.29, 0.717) is 24.2 Å². The van der Waals surface area contributed by atoms with Crippen LogP contribution in [0.4, 0.5) is 0 Å². The van der Waals surface area contributed by atoms with Crippen molar-refractivity contribution in [1.82, 2.24) is 0 Å². The molecule has 4 rings (SSSR count). The summed E-state index contributed by atoms with van der Waals surface area (Å²) in [5.74, 6) is 0.0440. The van der Waals surface area contributed by atoms with E-state index in [1.54, 1.807) is 42.5 Å². The minimum Gasteiger partial charge on any atom is -0.504 e. The lowest BCUT2D eigenvalue weighted by Gasteiger charge is -2.24. The number of carbonyl (C=O) groups excluding carboxylic acids is 1. The van der Waals surface area contributed by atoms with E-state index in [1.807, 2.05) is 0 Å². The van der Waals surface area contributed by atoms with Crippen LogP contribution in [-0.2, 0) is 20.7 Å². The monoisotopic (exact) mass is 596 g/mol. The number of aromatic hydroxyl groups is 3. The zero-order chi connectivity index (χ0) is 31.1. The molecule has 11 heteroatoms. The first kappa shape index (κ1) is 31.2. The van der Waals surface area contributed by atoms with Crippen molar-refractivity contribution in [2.24, 2.45) is 11.8 Å². The Morgan fingerprint density at radius 2 is 1.37 bits per heavy atom. The fourth-order valence-electron chi connectivity index (χ4n) is 5.13. The van der Waals surface area contributed by atoms with E-state index in [1.165, 1.54) is 47.7 Å². The molecule has 0 saturated carbocycles. The predicted octanol–water partition coefficient (Wildman–Crippen LogP) is 4.65. The van der Waals surface area contributed by atoms with Crippen molar-refractivity contribution >= 4 is 12.0 Å². The number of hydrogen-bond donors (Lipinski definition) is 3. The molecule has 0 radical (unpaired) electrons. The van der Waals surface area contributed by atoms with Crippen molar-refractivity contribution in [2.75, 3.05) is 48.8 Å². The van der Waals surface area contributed by atoms with Crippen molar-refractivity contribution in [3.05, 3.63) is 65.2 Å². The van der Waals surface area contributed by atoms with Gasteiger partial charge >= 0.3 is 5.97 Å². The second kappa shape index (κ2) is 13.9. The number of rotatable bonds is 12. The molecule has 0 aliphatic carbocycles. The summed E-state index contributed by atoms with van der Waals surface area (Å²) in [4.78, 5) is 12.8. The van der Waals surface area contributed by atoms with Crippen molar-refractivity contribution in [3.63, 3.8) is 0 Å². The topological polar surface area (TPSA) is 142 Å². The molecule has 1 aliphatic rings. The van der Waals surface area contributed by atoms with Crippen LogP contribution in [-0.4, -0.2) is 70.1 Å². The molecular formula is C32H36O11. The van der Waals surface area contributed by atoms with Gasteiger partial charge in [-0.25, -0.2) is 4.79 Å². The Labute approximate surface area is 249 Å². The highest BCUT2D eigenvalue weighted by Gasteiger charge is 2.40. The van der Waals surface area contributed by atoms with Gasteiger partial charge in [0.15, 0.2) is 34.5 Å². The normalized spacial score (nSPS) is 17.9. The van der Waals surface area contributed by atoms with E-state index >= 15 is 0 Å². The van der Waals surface area contributed by atoms with E-state index in [9.17, 15) is 20.1 Å². The summed E-state index contributed by atoms with van der Waals surface area (Å²) in [7, 11) is 7.25. The molecule has 1 fully saturated rings. The minimum absolute atomic E-state index is 0.00750. The van der Waals surface area contributed by atoms with E-state index in [0.717, 1.165) is 5.56 Å². The molecule has 1 aliphatic heterocycles. The molecule has 3 aromatic rings. The molecule has 43 heavy (non-hydrogen) atoms. The average Bonchev–Trinajstić information content (AvgIpc) is 3.42. The van der Waals surface area contributed by atoms with Crippen LogP contribution in [0.2, 0.25) is 0 Å². The average molecular weight is 597 g/mol. The maximum absolute atomic E-state index is 12.8. The lowest BCUT2D eigenvalue weighted by atomic mass is 9.84. The first-order chi connectivity index (χ1) is 20.7. The van der Waals surface area contributed by atoms with Gasteiger partial charge in [-0.1, -0.05) is 6.07 Å². The summed E-state index contributed by atoms with van der Waals surface area (Å²) < 4.78 is 38.4. The molecule has 0 spiro atoms. The molecule has 3 aromatic carbocycles. The Kier molecular flexibility index (Phi) is 10.1. The third kappa shape index (κ3) is 7.00. The summed E-state index contributed by atoms with van der Waals surface area (Å²) in [6.07, 6.45) is 2.84. The highest BCUT2D eigenvalue weighted by Crippen LogP contribution is 2.46. The molecule has 11 nitrogen and oxygen atoms in total. The zero-order valence-electron chi connectivity index (χ0n) is 24.7. The fourth-order valence-corrected chi connectivity index (χ4v) is 5.13. The maximum Gasteiger partial charge on any atom is 0.330 e. The van der Waals surface area contributed by atoms with Crippen LogP contribution in [0.15, 0.2) is 48.5 Å². The van der Waals surface area contributed by atoms with Crippen LogP contribution in [0, 0.1) is 11.8 Å². The van der Waals surface area contributed by atoms with E-state index in [-0.39, 0.29) is 64.4 Å². The SMILES string of the molecule is COc1cc(/C=C/C(=O)OC[C@H]2[C@@H](Cc3cc(OC)c(O)c(OC)c3)CO[C@@H]2c2cc(OC)c(O)c(OC)c2)ccc1O. The summed E-state index contributed by atoms with van der Waals surface area (Å²) >= 11 is 0. The highest BCUT2D eigenvalue weighted by atomic mass is 16.5. The van der Waals surface area contributed by atoms with Gasteiger partial charge in [0.25, 0.3) is 0 Å². The minimum atomic E-state index is -0.565. The van der Waals surface area contributed by atoms with Gasteiger partial charge in [-0.05, 0) is 71.5 Å². The van der Waals surface area contributed by atoms with Gasteiger partial charge in [0, 0.05) is 12.0 Å². The summed E-state index contributed by atoms with van der Waals surface area (Å²) in [6.45, 7) is 0.363. The van der Waals surface area contributed by atoms with E-state index in [4.69, 9.17) is 33.2 Å². The molecule has 0 amide bonds. The van der Waals surface area contributed by atoms with E-state index in [2.05, 4.69) is 0 Å². The van der Waals surface area contributed by atoms with Gasteiger partial charge in [0.2, 0.25) is 11.5 Å². The third-order valence-electron chi connectivity index (χ3n) is 7.39. The van der Waals surface area contributed by atoms with Gasteiger partial charge in [-0.3, -0.25) is 0 Å². The van der Waals surface area contributed by atoms with Crippen molar-refractivity contribution in [1.29, 1.82) is 0 Å². The van der Waals surface area contributed by atoms with Crippen LogP contribution in [0.25, 0.3) is 6.08 Å². The molecule has 0 bridgehead atoms. The number of methoxy groups -OCH3 is 5. The second-order valence-corrected chi connectivity index (χ2v) is 9.90. The van der Waals surface area contributed by atoms with Crippen molar-refractivity contribution < 1.29 is 53.3 Å². The molecule has 230 valence electrons. The van der Waals surface area contributed by atoms with E-state index < -0.39 is 12.1 Å². The first-order valence-electron chi connectivity index (χ1n) is 13.4. The largest absolute Gasteiger partial charge is 0.504 e. The molecule has 0 aromatic heterocycles. The Bertz CT molecular complexity index is 1420.